The molecule has 22 heavy (non-hydrogen) atoms. The number of anilines is 1. The van der Waals surface area contributed by atoms with E-state index in [0.717, 1.165) is 51.0 Å². The summed E-state index contributed by atoms with van der Waals surface area (Å²) in [6, 6.07) is 6.16. The molecule has 1 aromatic heterocycles. The van der Waals surface area contributed by atoms with Crippen molar-refractivity contribution in [2.24, 2.45) is 5.92 Å². The molecule has 2 aliphatic rings. The second kappa shape index (κ2) is 5.57. The zero-order valence-corrected chi connectivity index (χ0v) is 12.6. The van der Waals surface area contributed by atoms with E-state index >= 15 is 0 Å². The number of ether oxygens (including phenoxy) is 2. The first-order chi connectivity index (χ1) is 10.8. The van der Waals surface area contributed by atoms with Crippen LogP contribution in [-0.2, 0) is 24.4 Å². The Balaban J connectivity index is 1.56. The molecule has 7 nitrogen and oxygen atoms in total. The molecule has 1 saturated heterocycles. The van der Waals surface area contributed by atoms with Crippen LogP contribution < -0.4 is 9.64 Å². The van der Waals surface area contributed by atoms with Crippen molar-refractivity contribution >= 4 is 5.95 Å². The molecule has 116 valence electrons. The fourth-order valence-corrected chi connectivity index (χ4v) is 3.24. The SMILES string of the molecule is COc1cccc2c1CN(c1nnnn1CC1CCOC1)C2. The van der Waals surface area contributed by atoms with Crippen molar-refractivity contribution in [3.8, 4) is 5.75 Å². The van der Waals surface area contributed by atoms with Crippen molar-refractivity contribution in [3.05, 3.63) is 29.3 Å². The molecule has 1 atom stereocenters. The summed E-state index contributed by atoms with van der Waals surface area (Å²) in [6.07, 6.45) is 1.08. The maximum Gasteiger partial charge on any atom is 0.246 e. The van der Waals surface area contributed by atoms with E-state index in [1.807, 2.05) is 16.8 Å². The molecule has 7 heteroatoms. The molecule has 0 bridgehead atoms. The average molecular weight is 301 g/mol. The van der Waals surface area contributed by atoms with E-state index in [9.17, 15) is 0 Å². The molecule has 3 heterocycles. The van der Waals surface area contributed by atoms with Gasteiger partial charge in [-0.1, -0.05) is 17.2 Å². The molecule has 1 aromatic carbocycles. The number of benzene rings is 1. The van der Waals surface area contributed by atoms with E-state index in [1.165, 1.54) is 11.1 Å². The maximum absolute atomic E-state index is 5.46. The average Bonchev–Trinajstić information content (AvgIpc) is 3.26. The summed E-state index contributed by atoms with van der Waals surface area (Å²) in [4.78, 5) is 2.20. The number of aromatic nitrogens is 4. The largest absolute Gasteiger partial charge is 0.496 e. The van der Waals surface area contributed by atoms with Crippen molar-refractivity contribution in [2.75, 3.05) is 25.2 Å². The topological polar surface area (TPSA) is 65.3 Å². The summed E-state index contributed by atoms with van der Waals surface area (Å²) < 4.78 is 12.8. The number of nitrogens with zero attached hydrogens (tertiary/aromatic N) is 5. The molecule has 0 spiro atoms. The molecule has 0 amide bonds. The monoisotopic (exact) mass is 301 g/mol. The zero-order valence-electron chi connectivity index (χ0n) is 12.6. The Morgan fingerprint density at radius 1 is 1.36 bits per heavy atom. The smallest absolute Gasteiger partial charge is 0.246 e. The van der Waals surface area contributed by atoms with Gasteiger partial charge in [-0.15, -0.1) is 0 Å². The molecule has 0 aliphatic carbocycles. The minimum atomic E-state index is 0.502. The summed E-state index contributed by atoms with van der Waals surface area (Å²) in [5, 5.41) is 12.2. The van der Waals surface area contributed by atoms with Gasteiger partial charge in [-0.3, -0.25) is 0 Å². The Hall–Kier alpha value is -2.15. The number of hydrogen-bond donors (Lipinski definition) is 0. The van der Waals surface area contributed by atoms with Crippen LogP contribution in [-0.4, -0.2) is 40.5 Å². The van der Waals surface area contributed by atoms with Crippen LogP contribution in [0.25, 0.3) is 0 Å². The molecular weight excluding hydrogens is 282 g/mol. The highest BCUT2D eigenvalue weighted by molar-refractivity contribution is 5.49. The van der Waals surface area contributed by atoms with Crippen LogP contribution >= 0.6 is 0 Å². The van der Waals surface area contributed by atoms with Crippen molar-refractivity contribution in [3.63, 3.8) is 0 Å². The van der Waals surface area contributed by atoms with E-state index in [1.54, 1.807) is 7.11 Å². The van der Waals surface area contributed by atoms with Crippen molar-refractivity contribution in [1.29, 1.82) is 0 Å². The predicted molar refractivity (Wildman–Crippen MR) is 79.6 cm³/mol. The number of hydrogen-bond acceptors (Lipinski definition) is 6. The first kappa shape index (κ1) is 13.5. The van der Waals surface area contributed by atoms with E-state index < -0.39 is 0 Å². The predicted octanol–water partition coefficient (Wildman–Crippen LogP) is 1.24. The lowest BCUT2D eigenvalue weighted by Crippen LogP contribution is -2.22. The van der Waals surface area contributed by atoms with Gasteiger partial charge in [0.05, 0.1) is 26.8 Å². The Labute approximate surface area is 128 Å². The van der Waals surface area contributed by atoms with Crippen LogP contribution in [0.5, 0.6) is 5.75 Å². The summed E-state index contributed by atoms with van der Waals surface area (Å²) in [5.41, 5.74) is 2.50. The highest BCUT2D eigenvalue weighted by Crippen LogP contribution is 2.33. The van der Waals surface area contributed by atoms with Crippen LogP contribution in [0.2, 0.25) is 0 Å². The molecule has 0 N–H and O–H groups in total. The lowest BCUT2D eigenvalue weighted by molar-refractivity contribution is 0.181. The normalized spacial score (nSPS) is 20.4. The quantitative estimate of drug-likeness (QED) is 0.846. The van der Waals surface area contributed by atoms with Gasteiger partial charge in [0.2, 0.25) is 5.95 Å². The molecule has 4 rings (SSSR count). The fourth-order valence-electron chi connectivity index (χ4n) is 3.24. The number of fused-ring (bicyclic) bond motifs is 1. The minimum Gasteiger partial charge on any atom is -0.496 e. The first-order valence-corrected chi connectivity index (χ1v) is 7.59. The van der Waals surface area contributed by atoms with Crippen LogP contribution in [0.3, 0.4) is 0 Å². The Morgan fingerprint density at radius 3 is 3.14 bits per heavy atom. The summed E-state index contributed by atoms with van der Waals surface area (Å²) in [6.45, 7) is 4.04. The fraction of sp³-hybridized carbons (Fsp3) is 0.533. The maximum atomic E-state index is 5.46. The van der Waals surface area contributed by atoms with Gasteiger partial charge < -0.3 is 14.4 Å². The van der Waals surface area contributed by atoms with Crippen molar-refractivity contribution < 1.29 is 9.47 Å². The van der Waals surface area contributed by atoms with Gasteiger partial charge in [-0.25, -0.2) is 4.68 Å². The highest BCUT2D eigenvalue weighted by atomic mass is 16.5. The summed E-state index contributed by atoms with van der Waals surface area (Å²) in [7, 11) is 1.71. The zero-order chi connectivity index (χ0) is 14.9. The van der Waals surface area contributed by atoms with E-state index in [4.69, 9.17) is 9.47 Å². The third kappa shape index (κ3) is 2.31. The molecule has 2 aromatic rings. The van der Waals surface area contributed by atoms with Crippen molar-refractivity contribution in [1.82, 2.24) is 20.2 Å². The summed E-state index contributed by atoms with van der Waals surface area (Å²) >= 11 is 0. The number of rotatable bonds is 4. The van der Waals surface area contributed by atoms with E-state index in [0.29, 0.717) is 5.92 Å². The lowest BCUT2D eigenvalue weighted by atomic mass is 10.1. The van der Waals surface area contributed by atoms with Gasteiger partial charge in [0.15, 0.2) is 0 Å². The number of methoxy groups -OCH3 is 1. The van der Waals surface area contributed by atoms with Crippen LogP contribution in [0.1, 0.15) is 17.5 Å². The highest BCUT2D eigenvalue weighted by Gasteiger charge is 2.27. The van der Waals surface area contributed by atoms with Gasteiger partial charge in [0, 0.05) is 24.6 Å². The third-order valence-corrected chi connectivity index (χ3v) is 4.41. The van der Waals surface area contributed by atoms with Crippen LogP contribution in [0.4, 0.5) is 5.95 Å². The van der Waals surface area contributed by atoms with E-state index in [-0.39, 0.29) is 0 Å². The van der Waals surface area contributed by atoms with Gasteiger partial charge >= 0.3 is 0 Å². The molecular formula is C15H19N5O2. The second-order valence-electron chi connectivity index (χ2n) is 5.84. The molecule has 0 radical (unpaired) electrons. The molecule has 1 fully saturated rings. The van der Waals surface area contributed by atoms with Crippen LogP contribution in [0, 0.1) is 5.92 Å². The van der Waals surface area contributed by atoms with E-state index in [2.05, 4.69) is 26.5 Å². The second-order valence-corrected chi connectivity index (χ2v) is 5.84. The van der Waals surface area contributed by atoms with Gasteiger partial charge in [0.1, 0.15) is 5.75 Å². The standard InChI is InChI=1S/C15H19N5O2/c1-21-14-4-2-3-12-8-19(9-13(12)14)15-16-17-18-20(15)7-11-5-6-22-10-11/h2-4,11H,5-10H2,1H3. The molecule has 1 unspecified atom stereocenters. The summed E-state index contributed by atoms with van der Waals surface area (Å²) in [5.74, 6) is 2.26. The molecule has 0 saturated carbocycles. The Kier molecular flexibility index (Phi) is 3.42. The third-order valence-electron chi connectivity index (χ3n) is 4.41. The number of tetrazole rings is 1. The Bertz CT molecular complexity index is 666. The van der Waals surface area contributed by atoms with Gasteiger partial charge in [-0.05, 0) is 28.5 Å². The lowest BCUT2D eigenvalue weighted by Gasteiger charge is -2.17. The van der Waals surface area contributed by atoms with Crippen LogP contribution in [0.15, 0.2) is 18.2 Å². The minimum absolute atomic E-state index is 0.502. The van der Waals surface area contributed by atoms with Gasteiger partial charge in [-0.2, -0.15) is 0 Å². The first-order valence-electron chi connectivity index (χ1n) is 7.59. The van der Waals surface area contributed by atoms with Crippen molar-refractivity contribution in [2.45, 2.75) is 26.1 Å². The Morgan fingerprint density at radius 2 is 2.32 bits per heavy atom. The van der Waals surface area contributed by atoms with Gasteiger partial charge in [0.25, 0.3) is 0 Å². The molecule has 2 aliphatic heterocycles.